The lowest BCUT2D eigenvalue weighted by Crippen LogP contribution is -2.33. The largest absolute Gasteiger partial charge is 0.431 e. The van der Waals surface area contributed by atoms with Crippen molar-refractivity contribution < 1.29 is 4.74 Å². The molecule has 0 atom stereocenters. The summed E-state index contributed by atoms with van der Waals surface area (Å²) in [6, 6.07) is 21.4. The van der Waals surface area contributed by atoms with Crippen molar-refractivity contribution in [2.45, 2.75) is 25.4 Å². The Hall–Kier alpha value is -2.63. The van der Waals surface area contributed by atoms with Crippen LogP contribution in [0.2, 0.25) is 0 Å². The quantitative estimate of drug-likeness (QED) is 0.437. The van der Waals surface area contributed by atoms with E-state index in [9.17, 15) is 0 Å². The van der Waals surface area contributed by atoms with E-state index in [2.05, 4.69) is 57.2 Å². The Morgan fingerprint density at radius 1 is 0.929 bits per heavy atom. The molecule has 2 aromatic carbocycles. The van der Waals surface area contributed by atoms with Crippen molar-refractivity contribution in [2.75, 3.05) is 13.1 Å². The number of benzene rings is 2. The van der Waals surface area contributed by atoms with Gasteiger partial charge in [0, 0.05) is 38.1 Å². The second-order valence-corrected chi connectivity index (χ2v) is 8.32. The highest BCUT2D eigenvalue weighted by molar-refractivity contribution is 7.20. The number of para-hydroxylation sites is 1. The van der Waals surface area contributed by atoms with Crippen LogP contribution >= 0.6 is 11.3 Å². The Morgan fingerprint density at radius 3 is 2.43 bits per heavy atom. The topological polar surface area (TPSA) is 30.3 Å². The lowest BCUT2D eigenvalue weighted by atomic mass is 10.0. The number of ether oxygens (including phenoxy) is 1. The Kier molecular flexibility index (Phi) is 4.85. The molecule has 2 aromatic heterocycles. The van der Waals surface area contributed by atoms with Crippen LogP contribution < -0.4 is 4.74 Å². The zero-order chi connectivity index (χ0) is 18.8. The fourth-order valence-electron chi connectivity index (χ4n) is 3.88. The summed E-state index contributed by atoms with van der Waals surface area (Å²) >= 11 is 1.58. The third-order valence-electron chi connectivity index (χ3n) is 5.42. The molecule has 0 N–H and O–H groups in total. The first-order chi connectivity index (χ1) is 13.8. The van der Waals surface area contributed by atoms with Crippen molar-refractivity contribution in [1.82, 2.24) is 14.5 Å². The van der Waals surface area contributed by atoms with Crippen molar-refractivity contribution >= 4 is 21.6 Å². The van der Waals surface area contributed by atoms with Crippen LogP contribution in [0.3, 0.4) is 0 Å². The van der Waals surface area contributed by atoms with Crippen LogP contribution in [-0.4, -0.2) is 27.5 Å². The van der Waals surface area contributed by atoms with Gasteiger partial charge < -0.3 is 9.30 Å². The van der Waals surface area contributed by atoms with Gasteiger partial charge >= 0.3 is 0 Å². The maximum Gasteiger partial charge on any atom is 0.279 e. The first-order valence-electron chi connectivity index (χ1n) is 9.81. The van der Waals surface area contributed by atoms with Gasteiger partial charge in [-0.3, -0.25) is 4.90 Å². The van der Waals surface area contributed by atoms with E-state index in [0.29, 0.717) is 11.2 Å². The van der Waals surface area contributed by atoms with E-state index >= 15 is 0 Å². The summed E-state index contributed by atoms with van der Waals surface area (Å²) in [6.07, 6.45) is 6.80. The van der Waals surface area contributed by atoms with Gasteiger partial charge in [0.05, 0.1) is 10.2 Å². The number of hydrogen-bond donors (Lipinski definition) is 0. The summed E-state index contributed by atoms with van der Waals surface area (Å²) in [5, 5.41) is 0.695. The van der Waals surface area contributed by atoms with Gasteiger partial charge in [-0.1, -0.05) is 35.6 Å². The maximum atomic E-state index is 5.95. The van der Waals surface area contributed by atoms with Gasteiger partial charge in [0.2, 0.25) is 0 Å². The molecule has 1 saturated heterocycles. The normalized spacial score (nSPS) is 15.9. The molecule has 0 aliphatic carbocycles. The van der Waals surface area contributed by atoms with E-state index < -0.39 is 0 Å². The number of thiazole rings is 1. The summed E-state index contributed by atoms with van der Waals surface area (Å²) in [6.45, 7) is 3.29. The minimum absolute atomic E-state index is 0.649. The summed E-state index contributed by atoms with van der Waals surface area (Å²) in [7, 11) is 0. The second-order valence-electron chi connectivity index (χ2n) is 7.33. The van der Waals surface area contributed by atoms with Crippen LogP contribution in [0.5, 0.6) is 10.9 Å². The molecule has 5 rings (SSSR count). The molecule has 3 heterocycles. The van der Waals surface area contributed by atoms with Crippen LogP contribution in [0, 0.1) is 0 Å². The van der Waals surface area contributed by atoms with Crippen molar-refractivity contribution in [3.63, 3.8) is 0 Å². The third-order valence-corrected chi connectivity index (χ3v) is 6.33. The summed E-state index contributed by atoms with van der Waals surface area (Å²) < 4.78 is 9.46. The van der Waals surface area contributed by atoms with Crippen LogP contribution in [0.15, 0.2) is 73.1 Å². The van der Waals surface area contributed by atoms with E-state index in [1.807, 2.05) is 30.3 Å². The van der Waals surface area contributed by atoms with Crippen LogP contribution in [0.4, 0.5) is 0 Å². The highest BCUT2D eigenvalue weighted by Crippen LogP contribution is 2.31. The number of nitrogens with zero attached hydrogens (tertiary/aromatic N) is 3. The Morgan fingerprint density at radius 2 is 1.68 bits per heavy atom. The minimum atomic E-state index is 0.649. The molecule has 4 nitrogen and oxygen atoms in total. The first kappa shape index (κ1) is 17.5. The minimum Gasteiger partial charge on any atom is -0.431 e. The number of aromatic nitrogens is 2. The molecule has 5 heteroatoms. The average molecular weight is 390 g/mol. The predicted octanol–water partition coefficient (Wildman–Crippen LogP) is 5.73. The van der Waals surface area contributed by atoms with E-state index in [-0.39, 0.29) is 0 Å². The fraction of sp³-hybridized carbons (Fsp3) is 0.261. The summed E-state index contributed by atoms with van der Waals surface area (Å²) in [4.78, 5) is 7.08. The van der Waals surface area contributed by atoms with Gasteiger partial charge in [0.25, 0.3) is 5.19 Å². The third kappa shape index (κ3) is 3.81. The van der Waals surface area contributed by atoms with E-state index in [0.717, 1.165) is 35.6 Å². The zero-order valence-electron chi connectivity index (χ0n) is 15.7. The number of fused-ring (bicyclic) bond motifs is 1. The molecule has 0 unspecified atom stereocenters. The highest BCUT2D eigenvalue weighted by Gasteiger charge is 2.19. The molecule has 0 amide bonds. The van der Waals surface area contributed by atoms with Gasteiger partial charge in [0.1, 0.15) is 5.75 Å². The fourth-order valence-corrected chi connectivity index (χ4v) is 4.72. The molecule has 0 bridgehead atoms. The summed E-state index contributed by atoms with van der Waals surface area (Å²) in [5.41, 5.74) is 2.32. The van der Waals surface area contributed by atoms with Gasteiger partial charge in [-0.25, -0.2) is 4.98 Å². The van der Waals surface area contributed by atoms with Gasteiger partial charge in [-0.05, 0) is 54.8 Å². The van der Waals surface area contributed by atoms with Crippen LogP contribution in [0.1, 0.15) is 24.4 Å². The number of piperidine rings is 1. The Labute approximate surface area is 169 Å². The Bertz CT molecular complexity index is 998. The van der Waals surface area contributed by atoms with Crippen molar-refractivity contribution in [3.05, 3.63) is 78.6 Å². The monoisotopic (exact) mass is 389 g/mol. The van der Waals surface area contributed by atoms with E-state index in [1.165, 1.54) is 18.4 Å². The molecule has 1 aliphatic rings. The highest BCUT2D eigenvalue weighted by atomic mass is 32.1. The van der Waals surface area contributed by atoms with E-state index in [4.69, 9.17) is 4.74 Å². The smallest absolute Gasteiger partial charge is 0.279 e. The van der Waals surface area contributed by atoms with Crippen LogP contribution in [0.25, 0.3) is 10.2 Å². The predicted molar refractivity (Wildman–Crippen MR) is 114 cm³/mol. The molecule has 28 heavy (non-hydrogen) atoms. The molecule has 0 saturated carbocycles. The van der Waals surface area contributed by atoms with Crippen LogP contribution in [-0.2, 0) is 6.54 Å². The van der Waals surface area contributed by atoms with Crippen molar-refractivity contribution in [2.24, 2.45) is 0 Å². The molecule has 0 spiro atoms. The summed E-state index contributed by atoms with van der Waals surface area (Å²) in [5.74, 6) is 0.842. The number of hydrogen-bond acceptors (Lipinski definition) is 4. The van der Waals surface area contributed by atoms with Gasteiger partial charge in [-0.2, -0.15) is 0 Å². The zero-order valence-corrected chi connectivity index (χ0v) is 16.5. The van der Waals surface area contributed by atoms with Gasteiger partial charge in [-0.15, -0.1) is 0 Å². The molecule has 142 valence electrons. The molecule has 0 radical (unpaired) electrons. The molecule has 1 fully saturated rings. The first-order valence-corrected chi connectivity index (χ1v) is 10.6. The molecular weight excluding hydrogens is 366 g/mol. The standard InChI is InChI=1S/C23H23N3OS/c1-2-6-22-21(5-1)24-23(28-22)27-20-9-7-18(8-10-20)17-25-15-11-19(12-16-25)26-13-3-4-14-26/h1-10,13-14,19H,11-12,15-17H2. The average Bonchev–Trinajstić information content (AvgIpc) is 3.39. The molecule has 4 aromatic rings. The molecule has 1 aliphatic heterocycles. The van der Waals surface area contributed by atoms with Crippen molar-refractivity contribution in [3.8, 4) is 10.9 Å². The van der Waals surface area contributed by atoms with E-state index in [1.54, 1.807) is 11.3 Å². The molecular formula is C23H23N3OS. The maximum absolute atomic E-state index is 5.95. The van der Waals surface area contributed by atoms with Crippen molar-refractivity contribution in [1.29, 1.82) is 0 Å². The Balaban J connectivity index is 1.17. The second kappa shape index (κ2) is 7.78. The lowest BCUT2D eigenvalue weighted by molar-refractivity contribution is 0.180. The SMILES string of the molecule is c1ccc2sc(Oc3ccc(CN4CCC(n5cccc5)CC4)cc3)nc2c1. The lowest BCUT2D eigenvalue weighted by Gasteiger charge is -2.32. The number of likely N-dealkylation sites (tertiary alicyclic amines) is 1. The van der Waals surface area contributed by atoms with Gasteiger partial charge in [0.15, 0.2) is 0 Å². The number of rotatable bonds is 5.